The van der Waals surface area contributed by atoms with Crippen molar-refractivity contribution in [3.8, 4) is 0 Å². The summed E-state index contributed by atoms with van der Waals surface area (Å²) in [7, 11) is 0. The zero-order chi connectivity index (χ0) is 14.3. The van der Waals surface area contributed by atoms with Gasteiger partial charge in [0.25, 0.3) is 0 Å². The second-order valence-electron chi connectivity index (χ2n) is 4.83. The van der Waals surface area contributed by atoms with Crippen molar-refractivity contribution in [2.75, 3.05) is 6.54 Å². The van der Waals surface area contributed by atoms with E-state index in [1.54, 1.807) is 0 Å². The summed E-state index contributed by atoms with van der Waals surface area (Å²) in [5.74, 6) is -1.02. The van der Waals surface area contributed by atoms with Gasteiger partial charge in [-0.2, -0.15) is 0 Å². The number of aliphatic carboxylic acids is 1. The molecule has 0 bridgehead atoms. The van der Waals surface area contributed by atoms with Gasteiger partial charge in [-0.3, -0.25) is 9.59 Å². The number of imidazole rings is 1. The lowest BCUT2D eigenvalue weighted by Gasteiger charge is -2.13. The molecule has 0 spiro atoms. The topological polar surface area (TPSA) is 86.3 Å². The van der Waals surface area contributed by atoms with Crippen molar-refractivity contribution in [3.05, 3.63) is 28.5 Å². The number of carbonyl (C=O) groups is 2. The molecule has 1 saturated heterocycles. The number of carboxylic acid groups (broad SMARTS) is 1. The summed E-state index contributed by atoms with van der Waals surface area (Å²) in [5, 5.41) is 8.96. The van der Waals surface area contributed by atoms with Crippen LogP contribution in [0, 0.1) is 5.92 Å². The van der Waals surface area contributed by atoms with Crippen LogP contribution in [-0.2, 0) is 16.1 Å². The molecule has 0 aliphatic carbocycles. The van der Waals surface area contributed by atoms with Crippen molar-refractivity contribution >= 4 is 38.8 Å². The van der Waals surface area contributed by atoms with Crippen LogP contribution in [0.3, 0.4) is 0 Å². The molecule has 1 unspecified atom stereocenters. The van der Waals surface area contributed by atoms with Gasteiger partial charge < -0.3 is 15.0 Å². The fourth-order valence-corrected chi connectivity index (χ4v) is 2.85. The second-order valence-corrected chi connectivity index (χ2v) is 5.69. The lowest BCUT2D eigenvalue weighted by molar-refractivity contribution is -0.141. The summed E-state index contributed by atoms with van der Waals surface area (Å²) in [6, 6.07) is 5.70. The van der Waals surface area contributed by atoms with E-state index < -0.39 is 11.9 Å². The van der Waals surface area contributed by atoms with E-state index in [4.69, 9.17) is 5.11 Å². The third-order valence-corrected chi connectivity index (χ3v) is 4.06. The molecule has 104 valence electrons. The zero-order valence-corrected chi connectivity index (χ0v) is 12.1. The summed E-state index contributed by atoms with van der Waals surface area (Å²) in [5.41, 5.74) is 1.69. The summed E-state index contributed by atoms with van der Waals surface area (Å²) >= 11 is 3.42. The van der Waals surface area contributed by atoms with E-state index in [2.05, 4.69) is 25.9 Å². The Bertz CT molecular complexity index is 697. The quantitative estimate of drug-likeness (QED) is 0.893. The zero-order valence-electron chi connectivity index (χ0n) is 10.5. The number of nitrogens with zero attached hydrogens (tertiary/aromatic N) is 2. The molecule has 7 heteroatoms. The second kappa shape index (κ2) is 4.90. The van der Waals surface area contributed by atoms with Gasteiger partial charge in [0.05, 0.1) is 18.0 Å². The van der Waals surface area contributed by atoms with Gasteiger partial charge >= 0.3 is 5.97 Å². The van der Waals surface area contributed by atoms with E-state index in [9.17, 15) is 9.59 Å². The van der Waals surface area contributed by atoms with E-state index in [1.165, 1.54) is 4.90 Å². The van der Waals surface area contributed by atoms with Gasteiger partial charge in [0.1, 0.15) is 11.3 Å². The van der Waals surface area contributed by atoms with Crippen molar-refractivity contribution < 1.29 is 14.7 Å². The first-order valence-electron chi connectivity index (χ1n) is 6.18. The number of hydrogen-bond acceptors (Lipinski definition) is 3. The fraction of sp³-hybridized carbons (Fsp3) is 0.308. The SMILES string of the molecule is O=C(O)C1CC(=O)N(Cc2nc3c(Br)cccc3[nH]2)C1. The van der Waals surface area contributed by atoms with Gasteiger partial charge in [-0.05, 0) is 28.1 Å². The maximum Gasteiger partial charge on any atom is 0.308 e. The Morgan fingerprint density at radius 2 is 2.35 bits per heavy atom. The first kappa shape index (κ1) is 13.1. The Balaban J connectivity index is 1.81. The molecule has 1 aromatic heterocycles. The molecule has 2 N–H and O–H groups in total. The predicted molar refractivity (Wildman–Crippen MR) is 75.0 cm³/mol. The van der Waals surface area contributed by atoms with Crippen LogP contribution in [0.1, 0.15) is 12.2 Å². The number of nitrogens with one attached hydrogen (secondary N) is 1. The van der Waals surface area contributed by atoms with E-state index in [0.717, 1.165) is 15.5 Å². The van der Waals surface area contributed by atoms with Gasteiger partial charge in [-0.15, -0.1) is 0 Å². The number of likely N-dealkylation sites (tertiary alicyclic amines) is 1. The minimum Gasteiger partial charge on any atom is -0.481 e. The van der Waals surface area contributed by atoms with Gasteiger partial charge in [0.15, 0.2) is 0 Å². The van der Waals surface area contributed by atoms with Crippen molar-refractivity contribution in [1.29, 1.82) is 0 Å². The van der Waals surface area contributed by atoms with E-state index in [1.807, 2.05) is 18.2 Å². The van der Waals surface area contributed by atoms with Gasteiger partial charge in [-0.1, -0.05) is 6.07 Å². The molecule has 0 radical (unpaired) electrons. The van der Waals surface area contributed by atoms with E-state index in [-0.39, 0.29) is 18.9 Å². The maximum absolute atomic E-state index is 11.8. The fourth-order valence-electron chi connectivity index (χ4n) is 2.39. The number of carboxylic acids is 1. The molecule has 1 atom stereocenters. The molecule has 1 fully saturated rings. The number of H-pyrrole nitrogens is 1. The van der Waals surface area contributed by atoms with Crippen molar-refractivity contribution in [2.45, 2.75) is 13.0 Å². The first-order chi connectivity index (χ1) is 9.54. The predicted octanol–water partition coefficient (Wildman–Crippen LogP) is 1.76. The van der Waals surface area contributed by atoms with Gasteiger partial charge in [-0.25, -0.2) is 4.98 Å². The Hall–Kier alpha value is -1.89. The number of aromatic amines is 1. The summed E-state index contributed by atoms with van der Waals surface area (Å²) < 4.78 is 0.883. The molecular formula is C13H12BrN3O3. The minimum atomic E-state index is -0.923. The number of carbonyl (C=O) groups excluding carboxylic acids is 1. The van der Waals surface area contributed by atoms with Crippen LogP contribution in [0.2, 0.25) is 0 Å². The van der Waals surface area contributed by atoms with E-state index >= 15 is 0 Å². The summed E-state index contributed by atoms with van der Waals surface area (Å²) in [4.78, 5) is 31.8. The number of aromatic nitrogens is 2. The molecule has 6 nitrogen and oxygen atoms in total. The lowest BCUT2D eigenvalue weighted by Crippen LogP contribution is -2.26. The number of para-hydroxylation sites is 1. The van der Waals surface area contributed by atoms with Crippen LogP contribution in [0.4, 0.5) is 0 Å². The largest absolute Gasteiger partial charge is 0.481 e. The number of amides is 1. The molecule has 1 amide bonds. The normalized spacial score (nSPS) is 18.9. The third kappa shape index (κ3) is 2.29. The molecule has 1 aliphatic heterocycles. The Morgan fingerprint density at radius 3 is 3.00 bits per heavy atom. The molecule has 20 heavy (non-hydrogen) atoms. The molecule has 1 aliphatic rings. The smallest absolute Gasteiger partial charge is 0.308 e. The lowest BCUT2D eigenvalue weighted by atomic mass is 10.1. The Kier molecular flexibility index (Phi) is 3.21. The Labute approximate surface area is 122 Å². The molecule has 3 rings (SSSR count). The van der Waals surface area contributed by atoms with Gasteiger partial charge in [0, 0.05) is 17.4 Å². The molecule has 0 saturated carbocycles. The van der Waals surface area contributed by atoms with Crippen molar-refractivity contribution in [2.24, 2.45) is 5.92 Å². The summed E-state index contributed by atoms with van der Waals surface area (Å²) in [6.07, 6.45) is 0.0687. The third-order valence-electron chi connectivity index (χ3n) is 3.42. The molecular weight excluding hydrogens is 326 g/mol. The van der Waals surface area contributed by atoms with Crippen molar-refractivity contribution in [3.63, 3.8) is 0 Å². The van der Waals surface area contributed by atoms with Crippen LogP contribution in [0.15, 0.2) is 22.7 Å². The number of halogens is 1. The highest BCUT2D eigenvalue weighted by atomic mass is 79.9. The molecule has 2 heterocycles. The maximum atomic E-state index is 11.8. The first-order valence-corrected chi connectivity index (χ1v) is 6.97. The van der Waals surface area contributed by atoms with Gasteiger partial charge in [0.2, 0.25) is 5.91 Å². The van der Waals surface area contributed by atoms with Crippen LogP contribution in [0.25, 0.3) is 11.0 Å². The van der Waals surface area contributed by atoms with Crippen LogP contribution >= 0.6 is 15.9 Å². The number of fused-ring (bicyclic) bond motifs is 1. The number of rotatable bonds is 3. The highest BCUT2D eigenvalue weighted by Crippen LogP contribution is 2.24. The Morgan fingerprint density at radius 1 is 1.55 bits per heavy atom. The van der Waals surface area contributed by atoms with Crippen LogP contribution in [-0.4, -0.2) is 38.4 Å². The number of hydrogen-bond donors (Lipinski definition) is 2. The number of benzene rings is 1. The monoisotopic (exact) mass is 337 g/mol. The molecule has 2 aromatic rings. The van der Waals surface area contributed by atoms with Crippen molar-refractivity contribution in [1.82, 2.24) is 14.9 Å². The minimum absolute atomic E-state index is 0.0687. The van der Waals surface area contributed by atoms with Crippen LogP contribution < -0.4 is 0 Å². The summed E-state index contributed by atoms with van der Waals surface area (Å²) in [6.45, 7) is 0.552. The molecule has 1 aromatic carbocycles. The standard InChI is InChI=1S/C13H12BrN3O3/c14-8-2-1-3-9-12(8)16-10(15-9)6-17-5-7(13(19)20)4-11(17)18/h1-3,7H,4-6H2,(H,15,16)(H,19,20). The average Bonchev–Trinajstić information content (AvgIpc) is 2.95. The van der Waals surface area contributed by atoms with E-state index in [0.29, 0.717) is 12.4 Å². The highest BCUT2D eigenvalue weighted by Gasteiger charge is 2.34. The average molecular weight is 338 g/mol. The highest BCUT2D eigenvalue weighted by molar-refractivity contribution is 9.10. The van der Waals surface area contributed by atoms with Crippen LogP contribution in [0.5, 0.6) is 0 Å².